The lowest BCUT2D eigenvalue weighted by Gasteiger charge is -2.44. The molecule has 3 aromatic carbocycles. The summed E-state index contributed by atoms with van der Waals surface area (Å²) in [5.41, 5.74) is -1.73. The summed E-state index contributed by atoms with van der Waals surface area (Å²) in [6, 6.07) is 23.5. The van der Waals surface area contributed by atoms with Crippen molar-refractivity contribution in [3.63, 3.8) is 0 Å². The maximum absolute atomic E-state index is 13.8. The summed E-state index contributed by atoms with van der Waals surface area (Å²) in [5, 5.41) is 19.2. The van der Waals surface area contributed by atoms with Gasteiger partial charge in [-0.1, -0.05) is 83.1 Å². The summed E-state index contributed by atoms with van der Waals surface area (Å²) in [6.07, 6.45) is -11.2. The Bertz CT molecular complexity index is 1480. The first kappa shape index (κ1) is 37.9. The summed E-state index contributed by atoms with van der Waals surface area (Å²) in [7, 11) is 0.960. The molecular formula is C37H43F6NO3. The molecule has 0 bridgehead atoms. The van der Waals surface area contributed by atoms with Crippen LogP contribution in [0.2, 0.25) is 0 Å². The normalized spacial score (nSPS) is 15.5. The molecule has 47 heavy (non-hydrogen) atoms. The first-order chi connectivity index (χ1) is 21.8. The van der Waals surface area contributed by atoms with E-state index < -0.39 is 48.4 Å². The van der Waals surface area contributed by atoms with Gasteiger partial charge in [-0.25, -0.2) is 0 Å². The molecule has 0 saturated heterocycles. The zero-order chi connectivity index (χ0) is 35.3. The van der Waals surface area contributed by atoms with Crippen LogP contribution in [0.4, 0.5) is 26.3 Å². The Hall–Kier alpha value is -3.55. The van der Waals surface area contributed by atoms with Crippen LogP contribution in [0, 0.1) is 11.3 Å². The van der Waals surface area contributed by atoms with E-state index in [1.807, 2.05) is 31.2 Å². The first-order valence-electron chi connectivity index (χ1n) is 15.4. The fraction of sp³-hybridized carbons (Fsp3) is 0.486. The zero-order valence-electron chi connectivity index (χ0n) is 27.6. The third-order valence-electron chi connectivity index (χ3n) is 9.51. The predicted octanol–water partition coefficient (Wildman–Crippen LogP) is 10.1. The highest BCUT2D eigenvalue weighted by molar-refractivity contribution is 5.39. The van der Waals surface area contributed by atoms with Crippen molar-refractivity contribution in [1.29, 1.82) is 5.26 Å². The van der Waals surface area contributed by atoms with Crippen LogP contribution in [0.5, 0.6) is 5.75 Å². The van der Waals surface area contributed by atoms with Gasteiger partial charge in [-0.3, -0.25) is 0 Å². The van der Waals surface area contributed by atoms with Crippen LogP contribution in [-0.4, -0.2) is 37.0 Å². The molecule has 0 aliphatic heterocycles. The number of hydrogen-bond donors (Lipinski definition) is 1. The molecule has 4 nitrogen and oxygen atoms in total. The van der Waals surface area contributed by atoms with E-state index in [2.05, 4.69) is 43.2 Å². The second-order valence-electron chi connectivity index (χ2n) is 13.5. The fourth-order valence-corrected chi connectivity index (χ4v) is 6.73. The number of aryl methyl sites for hydroxylation is 1. The molecule has 0 amide bonds. The number of rotatable bonds is 14. The molecule has 2 unspecified atom stereocenters. The van der Waals surface area contributed by atoms with E-state index in [9.17, 15) is 36.7 Å². The summed E-state index contributed by atoms with van der Waals surface area (Å²) in [5.74, 6) is 0.173. The largest absolute Gasteiger partial charge is 0.508 e. The lowest BCUT2D eigenvalue weighted by Crippen LogP contribution is -2.59. The molecule has 10 heteroatoms. The van der Waals surface area contributed by atoms with E-state index in [0.717, 1.165) is 23.8 Å². The van der Waals surface area contributed by atoms with Crippen molar-refractivity contribution < 1.29 is 40.9 Å². The Morgan fingerprint density at radius 2 is 1.19 bits per heavy atom. The Kier molecular flexibility index (Phi) is 11.5. The number of hydrogen-bond acceptors (Lipinski definition) is 4. The monoisotopic (exact) mass is 663 g/mol. The number of ether oxygens (including phenoxy) is 2. The average molecular weight is 664 g/mol. The van der Waals surface area contributed by atoms with Crippen LogP contribution in [0.25, 0.3) is 0 Å². The van der Waals surface area contributed by atoms with Gasteiger partial charge in [-0.2, -0.15) is 31.6 Å². The molecule has 0 heterocycles. The van der Waals surface area contributed by atoms with Gasteiger partial charge in [-0.15, -0.1) is 0 Å². The SMILES string of the molecule is CCC(C)(CC(C)(CC(C)(C)c1ccc(O)cc1)c1ccc(C#N)cc1)c1ccc(CCC(OCOC)(C(F)(F)F)C(F)(F)F)cc1. The van der Waals surface area contributed by atoms with Gasteiger partial charge in [0.2, 0.25) is 0 Å². The van der Waals surface area contributed by atoms with Crippen molar-refractivity contribution in [3.05, 3.63) is 101 Å². The van der Waals surface area contributed by atoms with Crippen molar-refractivity contribution in [2.75, 3.05) is 13.9 Å². The van der Waals surface area contributed by atoms with E-state index in [-0.39, 0.29) is 11.2 Å². The number of nitriles is 1. The number of aromatic hydroxyl groups is 1. The molecule has 0 radical (unpaired) electrons. The average Bonchev–Trinajstić information content (AvgIpc) is 3.00. The van der Waals surface area contributed by atoms with E-state index in [4.69, 9.17) is 0 Å². The minimum atomic E-state index is -5.70. The topological polar surface area (TPSA) is 62.5 Å². The zero-order valence-corrected chi connectivity index (χ0v) is 27.6. The van der Waals surface area contributed by atoms with Crippen LogP contribution in [0.3, 0.4) is 0 Å². The first-order valence-corrected chi connectivity index (χ1v) is 15.4. The van der Waals surface area contributed by atoms with Crippen molar-refractivity contribution in [2.24, 2.45) is 0 Å². The molecule has 2 atom stereocenters. The standard InChI is InChI=1S/C37H43F6NO3/c1-7-33(4,29-12-8-26(9-13-29)20-21-35(36(38,39)40,37(41,42)43)47-25-46-6)24-34(5,30-14-10-27(22-44)11-15-30)23-32(2,3)28-16-18-31(45)19-17-28/h8-19,45H,7,20-21,23-25H2,1-6H3. The van der Waals surface area contributed by atoms with E-state index in [1.165, 1.54) is 0 Å². The third-order valence-corrected chi connectivity index (χ3v) is 9.51. The fourth-order valence-electron chi connectivity index (χ4n) is 6.73. The minimum Gasteiger partial charge on any atom is -0.508 e. The molecule has 3 aromatic rings. The van der Waals surface area contributed by atoms with Crippen LogP contribution >= 0.6 is 0 Å². The smallest absolute Gasteiger partial charge is 0.426 e. The maximum atomic E-state index is 13.8. The second kappa shape index (κ2) is 14.3. The molecule has 0 aliphatic rings. The van der Waals surface area contributed by atoms with E-state index in [1.54, 1.807) is 48.5 Å². The molecule has 0 fully saturated rings. The summed E-state index contributed by atoms with van der Waals surface area (Å²) in [4.78, 5) is 0. The molecule has 0 aromatic heterocycles. The Balaban J connectivity index is 1.97. The number of benzene rings is 3. The van der Waals surface area contributed by atoms with Gasteiger partial charge in [0.05, 0.1) is 11.6 Å². The molecule has 0 saturated carbocycles. The number of alkyl halides is 6. The van der Waals surface area contributed by atoms with E-state index in [0.29, 0.717) is 30.4 Å². The van der Waals surface area contributed by atoms with Crippen LogP contribution < -0.4 is 0 Å². The minimum absolute atomic E-state index is 0.173. The van der Waals surface area contributed by atoms with Crippen molar-refractivity contribution in [3.8, 4) is 11.8 Å². The van der Waals surface area contributed by atoms with Crippen LogP contribution in [-0.2, 0) is 32.1 Å². The second-order valence-corrected chi connectivity index (χ2v) is 13.5. The summed E-state index contributed by atoms with van der Waals surface area (Å²) < 4.78 is 91.6. The predicted molar refractivity (Wildman–Crippen MR) is 169 cm³/mol. The molecule has 0 spiro atoms. The van der Waals surface area contributed by atoms with Gasteiger partial charge < -0.3 is 14.6 Å². The van der Waals surface area contributed by atoms with Crippen molar-refractivity contribution in [1.82, 2.24) is 0 Å². The lowest BCUT2D eigenvalue weighted by atomic mass is 9.60. The van der Waals surface area contributed by atoms with Crippen molar-refractivity contribution in [2.45, 2.75) is 101 Å². The highest BCUT2D eigenvalue weighted by atomic mass is 19.4. The Morgan fingerprint density at radius 1 is 0.702 bits per heavy atom. The number of phenolic OH excluding ortho intramolecular Hbond substituents is 1. The maximum Gasteiger partial charge on any atom is 0.426 e. The third kappa shape index (κ3) is 8.49. The van der Waals surface area contributed by atoms with Gasteiger partial charge in [0.15, 0.2) is 0 Å². The van der Waals surface area contributed by atoms with Gasteiger partial charge in [-0.05, 0) is 94.9 Å². The van der Waals surface area contributed by atoms with E-state index >= 15 is 0 Å². The molecular weight excluding hydrogens is 620 g/mol. The van der Waals surface area contributed by atoms with Gasteiger partial charge in [0.25, 0.3) is 5.60 Å². The van der Waals surface area contributed by atoms with Crippen LogP contribution in [0.1, 0.15) is 88.1 Å². The number of methoxy groups -OCH3 is 1. The summed E-state index contributed by atoms with van der Waals surface area (Å²) in [6.45, 7) is 9.44. The van der Waals surface area contributed by atoms with Gasteiger partial charge in [0, 0.05) is 7.11 Å². The van der Waals surface area contributed by atoms with Crippen LogP contribution in [0.15, 0.2) is 72.8 Å². The Morgan fingerprint density at radius 3 is 1.66 bits per heavy atom. The highest BCUT2D eigenvalue weighted by Gasteiger charge is 2.71. The molecule has 1 N–H and O–H groups in total. The van der Waals surface area contributed by atoms with Crippen molar-refractivity contribution >= 4 is 0 Å². The molecule has 0 aliphatic carbocycles. The lowest BCUT2D eigenvalue weighted by molar-refractivity contribution is -0.393. The number of phenols is 1. The summed E-state index contributed by atoms with van der Waals surface area (Å²) >= 11 is 0. The number of halogens is 6. The quantitative estimate of drug-likeness (QED) is 0.138. The molecule has 3 rings (SSSR count). The molecule has 256 valence electrons. The van der Waals surface area contributed by atoms with Gasteiger partial charge >= 0.3 is 12.4 Å². The van der Waals surface area contributed by atoms with Gasteiger partial charge in [0.1, 0.15) is 12.5 Å². The Labute approximate surface area is 273 Å². The number of nitrogens with zero attached hydrogens (tertiary/aromatic N) is 1. The highest BCUT2D eigenvalue weighted by Crippen LogP contribution is 2.50.